The van der Waals surface area contributed by atoms with Crippen molar-refractivity contribution in [2.75, 3.05) is 19.0 Å². The number of hydrogen-bond acceptors (Lipinski definition) is 0. The zero-order chi connectivity index (χ0) is 7.98. The average Bonchev–Trinajstić information content (AvgIpc) is 1.79. The summed E-state index contributed by atoms with van der Waals surface area (Å²) in [6.45, 7) is 1.52. The van der Waals surface area contributed by atoms with Crippen molar-refractivity contribution in [2.24, 2.45) is 0 Å². The Kier molecular flexibility index (Phi) is 6.78. The Bertz CT molecular complexity index is 67.3. The van der Waals surface area contributed by atoms with Gasteiger partial charge in [-0.25, -0.2) is 4.20 Å². The van der Waals surface area contributed by atoms with Crippen molar-refractivity contribution in [2.45, 2.75) is 12.8 Å². The van der Waals surface area contributed by atoms with E-state index in [4.69, 9.17) is 0 Å². The van der Waals surface area contributed by atoms with Crippen LogP contribution < -0.4 is 0 Å². The second-order valence-corrected chi connectivity index (χ2v) is 4.77. The molecule has 0 bridgehead atoms. The van der Waals surface area contributed by atoms with Gasteiger partial charge in [0.2, 0.25) is 0 Å². The Morgan fingerprint density at radius 1 is 1.00 bits per heavy atom. The molecule has 1 unspecified atom stereocenters. The maximum atomic E-state index is 12.1. The first kappa shape index (κ1) is 10.7. The normalized spacial score (nSPS) is 14.1. The molecular formula is C5H11F3P2. The summed E-state index contributed by atoms with van der Waals surface area (Å²) in [6, 6.07) is 0. The van der Waals surface area contributed by atoms with Gasteiger partial charge in [0.25, 0.3) is 8.54 Å². The van der Waals surface area contributed by atoms with E-state index in [0.717, 1.165) is 0 Å². The van der Waals surface area contributed by atoms with Crippen molar-refractivity contribution in [1.29, 1.82) is 0 Å². The van der Waals surface area contributed by atoms with Gasteiger partial charge < -0.3 is 0 Å². The highest BCUT2D eigenvalue weighted by Gasteiger charge is 2.04. The first-order chi connectivity index (χ1) is 4.63. The Morgan fingerprint density at radius 2 is 1.50 bits per heavy atom. The van der Waals surface area contributed by atoms with E-state index in [0.29, 0.717) is 19.0 Å². The summed E-state index contributed by atoms with van der Waals surface area (Å²) in [5.74, 6) is 0. The molecule has 0 spiro atoms. The molecule has 5 heteroatoms. The first-order valence-electron chi connectivity index (χ1n) is 3.09. The lowest BCUT2D eigenvalue weighted by Crippen LogP contribution is -1.82. The molecule has 0 N–H and O–H groups in total. The molecule has 0 aliphatic rings. The molecule has 0 radical (unpaired) electrons. The molecule has 0 saturated carbocycles. The monoisotopic (exact) mass is 190 g/mol. The van der Waals surface area contributed by atoms with Gasteiger partial charge in [-0.3, -0.25) is 0 Å². The molecule has 0 fully saturated rings. The molecule has 0 aromatic carbocycles. The van der Waals surface area contributed by atoms with E-state index in [9.17, 15) is 12.6 Å². The topological polar surface area (TPSA) is 0 Å². The van der Waals surface area contributed by atoms with Gasteiger partial charge in [0.05, 0.1) is 8.23 Å². The highest BCUT2D eigenvalue weighted by Crippen LogP contribution is 2.40. The van der Waals surface area contributed by atoms with Crippen LogP contribution in [0.25, 0.3) is 0 Å². The number of halogens is 3. The lowest BCUT2D eigenvalue weighted by atomic mass is 10.4. The van der Waals surface area contributed by atoms with Crippen LogP contribution in [0, 0.1) is 0 Å². The summed E-state index contributed by atoms with van der Waals surface area (Å²) in [7, 11) is -4.12. The highest BCUT2D eigenvalue weighted by molar-refractivity contribution is 7.51. The summed E-state index contributed by atoms with van der Waals surface area (Å²) in [5, 5.41) is 0. The van der Waals surface area contributed by atoms with E-state index in [2.05, 4.69) is 0 Å². The van der Waals surface area contributed by atoms with Crippen molar-refractivity contribution in [3.05, 3.63) is 0 Å². The lowest BCUT2D eigenvalue weighted by molar-refractivity contribution is 0.722. The standard InChI is InChI=1S/C5H11F3P2/c1-9(6)4-2-3-5-10(7)8/h2-5H2,1H3. The van der Waals surface area contributed by atoms with Gasteiger partial charge in [-0.15, -0.1) is 0 Å². The Balaban J connectivity index is 2.91. The molecule has 1 atom stereocenters. The SMILES string of the molecule is CP(F)CCCCP(F)F. The number of unbranched alkanes of at least 4 members (excludes halogenated alkanes) is 1. The summed E-state index contributed by atoms with van der Waals surface area (Å²) in [4.78, 5) is 0. The van der Waals surface area contributed by atoms with Crippen LogP contribution in [-0.4, -0.2) is 19.0 Å². The van der Waals surface area contributed by atoms with E-state index in [-0.39, 0.29) is 6.16 Å². The van der Waals surface area contributed by atoms with Crippen LogP contribution in [0.15, 0.2) is 0 Å². The zero-order valence-corrected chi connectivity index (χ0v) is 7.65. The van der Waals surface area contributed by atoms with Gasteiger partial charge in [0.1, 0.15) is 0 Å². The molecule has 0 rings (SSSR count). The van der Waals surface area contributed by atoms with E-state index in [1.54, 1.807) is 0 Å². The van der Waals surface area contributed by atoms with Gasteiger partial charge in [-0.2, -0.15) is 8.39 Å². The van der Waals surface area contributed by atoms with Crippen LogP contribution in [0.2, 0.25) is 0 Å². The predicted molar refractivity (Wildman–Crippen MR) is 42.1 cm³/mol. The smallest absolute Gasteiger partial charge is 0.227 e. The van der Waals surface area contributed by atoms with E-state index < -0.39 is 16.8 Å². The van der Waals surface area contributed by atoms with Crippen LogP contribution in [-0.2, 0) is 0 Å². The number of rotatable bonds is 5. The third-order valence-electron chi connectivity index (χ3n) is 1.04. The van der Waals surface area contributed by atoms with Crippen molar-refractivity contribution < 1.29 is 12.6 Å². The van der Waals surface area contributed by atoms with Gasteiger partial charge >= 0.3 is 0 Å². The Morgan fingerprint density at radius 3 is 1.90 bits per heavy atom. The molecule has 0 saturated heterocycles. The molecule has 0 amide bonds. The van der Waals surface area contributed by atoms with Gasteiger partial charge in [-0.1, -0.05) is 0 Å². The third kappa shape index (κ3) is 8.65. The van der Waals surface area contributed by atoms with Crippen molar-refractivity contribution >= 4 is 16.8 Å². The minimum absolute atomic E-state index is 0.0154. The minimum atomic E-state index is -2.75. The van der Waals surface area contributed by atoms with Crippen LogP contribution in [0.4, 0.5) is 12.6 Å². The largest absolute Gasteiger partial charge is 0.266 e. The fourth-order valence-corrected chi connectivity index (χ4v) is 1.68. The van der Waals surface area contributed by atoms with Crippen molar-refractivity contribution in [3.8, 4) is 0 Å². The molecule has 0 aliphatic heterocycles. The fourth-order valence-electron chi connectivity index (χ4n) is 0.561. The molecule has 0 heterocycles. The predicted octanol–water partition coefficient (Wildman–Crippen LogP) is 4.01. The third-order valence-corrected chi connectivity index (χ3v) is 2.63. The van der Waals surface area contributed by atoms with E-state index in [1.165, 1.54) is 6.66 Å². The highest BCUT2D eigenvalue weighted by atomic mass is 31.2. The summed E-state index contributed by atoms with van der Waals surface area (Å²) >= 11 is 0. The van der Waals surface area contributed by atoms with Gasteiger partial charge in [0.15, 0.2) is 0 Å². The summed E-state index contributed by atoms with van der Waals surface area (Å²) in [5.41, 5.74) is 0. The van der Waals surface area contributed by atoms with E-state index >= 15 is 0 Å². The lowest BCUT2D eigenvalue weighted by Gasteiger charge is -1.99. The number of hydrogen-bond donors (Lipinski definition) is 0. The molecule has 0 aromatic heterocycles. The van der Waals surface area contributed by atoms with Gasteiger partial charge in [-0.05, 0) is 25.7 Å². The molecular weight excluding hydrogens is 179 g/mol. The van der Waals surface area contributed by atoms with Crippen LogP contribution in [0.5, 0.6) is 0 Å². The van der Waals surface area contributed by atoms with Gasteiger partial charge in [0, 0.05) is 6.16 Å². The summed E-state index contributed by atoms with van der Waals surface area (Å²) < 4.78 is 35.2. The maximum absolute atomic E-state index is 12.1. The summed E-state index contributed by atoms with van der Waals surface area (Å²) in [6.07, 6.45) is 1.57. The quantitative estimate of drug-likeness (QED) is 0.453. The average molecular weight is 190 g/mol. The molecule has 0 nitrogen and oxygen atoms in total. The van der Waals surface area contributed by atoms with E-state index in [1.807, 2.05) is 0 Å². The van der Waals surface area contributed by atoms with Crippen LogP contribution >= 0.6 is 16.8 Å². The second kappa shape index (κ2) is 6.37. The second-order valence-electron chi connectivity index (χ2n) is 2.06. The molecule has 62 valence electrons. The van der Waals surface area contributed by atoms with Crippen molar-refractivity contribution in [3.63, 3.8) is 0 Å². The Hall–Kier alpha value is 0.650. The molecule has 0 aromatic rings. The fraction of sp³-hybridized carbons (Fsp3) is 1.00. The molecule has 10 heavy (non-hydrogen) atoms. The van der Waals surface area contributed by atoms with Crippen LogP contribution in [0.1, 0.15) is 12.8 Å². The first-order valence-corrected chi connectivity index (χ1v) is 6.26. The maximum Gasteiger partial charge on any atom is 0.266 e. The zero-order valence-electron chi connectivity index (χ0n) is 5.86. The van der Waals surface area contributed by atoms with Crippen molar-refractivity contribution in [1.82, 2.24) is 0 Å². The molecule has 0 aliphatic carbocycles. The Labute approximate surface area is 62.1 Å². The minimum Gasteiger partial charge on any atom is -0.227 e. The van der Waals surface area contributed by atoms with Crippen LogP contribution in [0.3, 0.4) is 0 Å².